The zero-order valence-electron chi connectivity index (χ0n) is 17.0. The van der Waals surface area contributed by atoms with Gasteiger partial charge in [0.15, 0.2) is 0 Å². The number of nitrogens with zero attached hydrogens (tertiary/aromatic N) is 2. The van der Waals surface area contributed by atoms with Crippen LogP contribution in [0, 0.1) is 6.92 Å². The Kier molecular flexibility index (Phi) is 7.08. The van der Waals surface area contributed by atoms with Crippen molar-refractivity contribution >= 4 is 23.2 Å². The molecule has 0 atom stereocenters. The lowest BCUT2D eigenvalue weighted by Crippen LogP contribution is -2.50. The van der Waals surface area contributed by atoms with Crippen molar-refractivity contribution in [2.24, 2.45) is 0 Å². The van der Waals surface area contributed by atoms with Gasteiger partial charge in [-0.25, -0.2) is 0 Å². The summed E-state index contributed by atoms with van der Waals surface area (Å²) in [6.07, 6.45) is 0. The van der Waals surface area contributed by atoms with Crippen molar-refractivity contribution in [3.8, 4) is 5.75 Å². The first-order valence-electron chi connectivity index (χ1n) is 9.78. The van der Waals surface area contributed by atoms with Crippen LogP contribution in [0.2, 0.25) is 0 Å². The second-order valence-electron chi connectivity index (χ2n) is 7.13. The van der Waals surface area contributed by atoms with E-state index in [1.54, 1.807) is 13.2 Å². The highest BCUT2D eigenvalue weighted by Gasteiger charge is 2.19. The fourth-order valence-electron chi connectivity index (χ4n) is 3.35. The van der Waals surface area contributed by atoms with Crippen LogP contribution in [0.15, 0.2) is 48.5 Å². The van der Waals surface area contributed by atoms with Crippen molar-refractivity contribution < 1.29 is 14.3 Å². The molecule has 0 spiro atoms. The number of piperazine rings is 1. The fraction of sp³-hybridized carbons (Fsp3) is 0.364. The number of benzene rings is 2. The number of para-hydroxylation sites is 1. The minimum Gasteiger partial charge on any atom is -0.495 e. The van der Waals surface area contributed by atoms with E-state index in [0.717, 1.165) is 31.7 Å². The van der Waals surface area contributed by atoms with Gasteiger partial charge in [0.1, 0.15) is 5.75 Å². The Morgan fingerprint density at radius 2 is 1.72 bits per heavy atom. The Hall–Kier alpha value is -3.06. The maximum Gasteiger partial charge on any atom is 0.243 e. The van der Waals surface area contributed by atoms with E-state index in [9.17, 15) is 9.59 Å². The lowest BCUT2D eigenvalue weighted by Gasteiger charge is -2.35. The molecule has 7 nitrogen and oxygen atoms in total. The van der Waals surface area contributed by atoms with E-state index in [2.05, 4.69) is 32.6 Å². The van der Waals surface area contributed by atoms with Crippen LogP contribution < -0.4 is 20.3 Å². The lowest BCUT2D eigenvalue weighted by atomic mass is 10.2. The van der Waals surface area contributed by atoms with Gasteiger partial charge in [0.25, 0.3) is 0 Å². The zero-order chi connectivity index (χ0) is 20.6. The zero-order valence-corrected chi connectivity index (χ0v) is 17.0. The van der Waals surface area contributed by atoms with Gasteiger partial charge < -0.3 is 20.3 Å². The quantitative estimate of drug-likeness (QED) is 0.748. The SMILES string of the molecule is COc1ccc(C)cc1NC(=O)CNC(=O)CN1CCN(c2ccccc2)CC1. The summed E-state index contributed by atoms with van der Waals surface area (Å²) in [5.41, 5.74) is 2.82. The topological polar surface area (TPSA) is 73.9 Å². The van der Waals surface area contributed by atoms with Gasteiger partial charge in [-0.1, -0.05) is 24.3 Å². The third-order valence-corrected chi connectivity index (χ3v) is 4.94. The predicted octanol–water partition coefficient (Wildman–Crippen LogP) is 1.88. The number of hydrogen-bond acceptors (Lipinski definition) is 5. The molecule has 0 bridgehead atoms. The smallest absolute Gasteiger partial charge is 0.243 e. The summed E-state index contributed by atoms with van der Waals surface area (Å²) < 4.78 is 5.26. The largest absolute Gasteiger partial charge is 0.495 e. The summed E-state index contributed by atoms with van der Waals surface area (Å²) in [4.78, 5) is 28.8. The molecule has 2 aromatic rings. The van der Waals surface area contributed by atoms with Gasteiger partial charge in [-0.05, 0) is 36.8 Å². The van der Waals surface area contributed by atoms with Gasteiger partial charge in [0.2, 0.25) is 11.8 Å². The fourth-order valence-corrected chi connectivity index (χ4v) is 3.35. The highest BCUT2D eigenvalue weighted by atomic mass is 16.5. The number of nitrogens with one attached hydrogen (secondary N) is 2. The number of amides is 2. The van der Waals surface area contributed by atoms with E-state index in [0.29, 0.717) is 18.0 Å². The van der Waals surface area contributed by atoms with Crippen LogP contribution in [-0.4, -0.2) is 63.1 Å². The summed E-state index contributed by atoms with van der Waals surface area (Å²) in [5.74, 6) is 0.159. The Bertz CT molecular complexity index is 833. The highest BCUT2D eigenvalue weighted by Crippen LogP contribution is 2.24. The Morgan fingerprint density at radius 1 is 1.00 bits per heavy atom. The molecule has 29 heavy (non-hydrogen) atoms. The summed E-state index contributed by atoms with van der Waals surface area (Å²) in [7, 11) is 1.56. The number of aryl methyl sites for hydroxylation is 1. The molecule has 154 valence electrons. The number of hydrogen-bond donors (Lipinski definition) is 2. The van der Waals surface area contributed by atoms with Crippen LogP contribution in [0.25, 0.3) is 0 Å². The molecule has 0 aromatic heterocycles. The predicted molar refractivity (Wildman–Crippen MR) is 114 cm³/mol. The Labute approximate surface area is 171 Å². The number of carbonyl (C=O) groups excluding carboxylic acids is 2. The van der Waals surface area contributed by atoms with Crippen LogP contribution in [0.5, 0.6) is 5.75 Å². The second kappa shape index (κ2) is 9.93. The molecule has 0 unspecified atom stereocenters. The molecule has 0 radical (unpaired) electrons. The number of carbonyl (C=O) groups is 2. The van der Waals surface area contributed by atoms with Gasteiger partial charge in [-0.2, -0.15) is 0 Å². The van der Waals surface area contributed by atoms with E-state index in [1.807, 2.05) is 37.3 Å². The molecule has 1 aliphatic heterocycles. The molecule has 7 heteroatoms. The molecule has 2 N–H and O–H groups in total. The Morgan fingerprint density at radius 3 is 2.41 bits per heavy atom. The molecule has 3 rings (SSSR count). The summed E-state index contributed by atoms with van der Waals surface area (Å²) in [5, 5.41) is 5.48. The van der Waals surface area contributed by atoms with E-state index in [4.69, 9.17) is 4.74 Å². The molecular weight excluding hydrogens is 368 g/mol. The first-order valence-corrected chi connectivity index (χ1v) is 9.78. The maximum absolute atomic E-state index is 12.2. The first-order chi connectivity index (χ1) is 14.0. The van der Waals surface area contributed by atoms with Gasteiger partial charge in [-0.3, -0.25) is 14.5 Å². The lowest BCUT2D eigenvalue weighted by molar-refractivity contribution is -0.125. The number of rotatable bonds is 7. The molecule has 0 aliphatic carbocycles. The number of anilines is 2. The number of ether oxygens (including phenoxy) is 1. The monoisotopic (exact) mass is 396 g/mol. The minimum atomic E-state index is -0.281. The van der Waals surface area contributed by atoms with Crippen LogP contribution >= 0.6 is 0 Å². The van der Waals surface area contributed by atoms with Crippen molar-refractivity contribution in [2.45, 2.75) is 6.92 Å². The third-order valence-electron chi connectivity index (χ3n) is 4.94. The molecular formula is C22H28N4O3. The normalized spacial score (nSPS) is 14.3. The number of methoxy groups -OCH3 is 1. The van der Waals surface area contributed by atoms with Crippen LogP contribution in [0.1, 0.15) is 5.56 Å². The molecule has 1 aliphatic rings. The average Bonchev–Trinajstić information content (AvgIpc) is 2.74. The van der Waals surface area contributed by atoms with Crippen molar-refractivity contribution in [3.63, 3.8) is 0 Å². The van der Waals surface area contributed by atoms with Crippen LogP contribution in [0.4, 0.5) is 11.4 Å². The average molecular weight is 396 g/mol. The first kappa shape index (κ1) is 20.7. The highest BCUT2D eigenvalue weighted by molar-refractivity contribution is 5.96. The molecule has 1 fully saturated rings. The van der Waals surface area contributed by atoms with E-state index in [1.165, 1.54) is 5.69 Å². The van der Waals surface area contributed by atoms with Gasteiger partial charge in [0, 0.05) is 31.9 Å². The molecule has 0 saturated carbocycles. The summed E-state index contributed by atoms with van der Waals surface area (Å²) in [6.45, 7) is 5.55. The second-order valence-corrected chi connectivity index (χ2v) is 7.13. The van der Waals surface area contributed by atoms with Gasteiger partial charge >= 0.3 is 0 Å². The van der Waals surface area contributed by atoms with Crippen LogP contribution in [0.3, 0.4) is 0 Å². The van der Waals surface area contributed by atoms with Crippen molar-refractivity contribution in [1.29, 1.82) is 0 Å². The van der Waals surface area contributed by atoms with E-state index in [-0.39, 0.29) is 18.4 Å². The van der Waals surface area contributed by atoms with Crippen molar-refractivity contribution in [1.82, 2.24) is 10.2 Å². The summed E-state index contributed by atoms with van der Waals surface area (Å²) in [6, 6.07) is 15.8. The van der Waals surface area contributed by atoms with E-state index >= 15 is 0 Å². The molecule has 1 saturated heterocycles. The molecule has 2 aromatic carbocycles. The van der Waals surface area contributed by atoms with Gasteiger partial charge in [-0.15, -0.1) is 0 Å². The van der Waals surface area contributed by atoms with Crippen LogP contribution in [-0.2, 0) is 9.59 Å². The Balaban J connectivity index is 1.40. The molecule has 2 amide bonds. The van der Waals surface area contributed by atoms with Crippen molar-refractivity contribution in [3.05, 3.63) is 54.1 Å². The van der Waals surface area contributed by atoms with Crippen molar-refractivity contribution in [2.75, 3.05) is 56.6 Å². The van der Waals surface area contributed by atoms with E-state index < -0.39 is 0 Å². The summed E-state index contributed by atoms with van der Waals surface area (Å²) >= 11 is 0. The van der Waals surface area contributed by atoms with Gasteiger partial charge in [0.05, 0.1) is 25.9 Å². The minimum absolute atomic E-state index is 0.0695. The maximum atomic E-state index is 12.2. The third kappa shape index (κ3) is 5.96. The standard InChI is InChI=1S/C22H28N4O3/c1-17-8-9-20(29-2)19(14-17)24-21(27)15-23-22(28)16-25-10-12-26(13-11-25)18-6-4-3-5-7-18/h3-9,14H,10-13,15-16H2,1-2H3,(H,23,28)(H,24,27). The molecule has 1 heterocycles.